The van der Waals surface area contributed by atoms with Crippen molar-refractivity contribution < 1.29 is 31.7 Å². The maximum atomic E-state index is 12.1. The van der Waals surface area contributed by atoms with Crippen molar-refractivity contribution in [3.8, 4) is 5.75 Å². The van der Waals surface area contributed by atoms with Crippen molar-refractivity contribution in [3.63, 3.8) is 0 Å². The second kappa shape index (κ2) is 5.45. The van der Waals surface area contributed by atoms with Crippen molar-refractivity contribution in [1.82, 2.24) is 0 Å². The summed E-state index contributed by atoms with van der Waals surface area (Å²) < 4.78 is 50.3. The maximum absolute atomic E-state index is 12.1. The second-order valence-corrected chi connectivity index (χ2v) is 5.58. The van der Waals surface area contributed by atoms with Crippen molar-refractivity contribution in [3.05, 3.63) is 27.8 Å². The highest BCUT2D eigenvalue weighted by Gasteiger charge is 2.26. The summed E-state index contributed by atoms with van der Waals surface area (Å²) in [6, 6.07) is 0.885. The predicted octanol–water partition coefficient (Wildman–Crippen LogP) is 1.94. The minimum atomic E-state index is -4.52. The van der Waals surface area contributed by atoms with Gasteiger partial charge < -0.3 is 4.74 Å². The average molecular weight is 316 g/mol. The van der Waals surface area contributed by atoms with Gasteiger partial charge in [0.15, 0.2) is 12.0 Å². The lowest BCUT2D eigenvalue weighted by molar-refractivity contribution is -0.385. The van der Waals surface area contributed by atoms with Crippen LogP contribution < -0.4 is 4.74 Å². The normalized spacial score (nSPS) is 11.4. The monoisotopic (exact) mass is 315 g/mol. The summed E-state index contributed by atoms with van der Waals surface area (Å²) in [5.74, 6) is -1.01. The lowest BCUT2D eigenvalue weighted by Gasteiger charge is -2.09. The zero-order chi connectivity index (χ0) is 14.8. The highest BCUT2D eigenvalue weighted by atomic mass is 35.7. The number of nitro benzene ring substituents is 1. The van der Waals surface area contributed by atoms with Gasteiger partial charge in [-0.25, -0.2) is 8.42 Å². The molecule has 0 amide bonds. The fourth-order valence-corrected chi connectivity index (χ4v) is 2.17. The Morgan fingerprint density at radius 2 is 2.00 bits per heavy atom. The molecule has 0 aliphatic heterocycles. The van der Waals surface area contributed by atoms with Gasteiger partial charge in [0.1, 0.15) is 4.90 Å². The van der Waals surface area contributed by atoms with Crippen LogP contribution in [-0.2, 0) is 9.05 Å². The van der Waals surface area contributed by atoms with Gasteiger partial charge in [-0.1, -0.05) is 0 Å². The fraction of sp³-hybridized carbons (Fsp3) is 0.125. The van der Waals surface area contributed by atoms with Gasteiger partial charge in [0.05, 0.1) is 16.6 Å². The summed E-state index contributed by atoms with van der Waals surface area (Å²) in [5.41, 5.74) is -1.51. The minimum Gasteiger partial charge on any atom is -0.433 e. The van der Waals surface area contributed by atoms with E-state index in [9.17, 15) is 32.1 Å². The van der Waals surface area contributed by atoms with Crippen LogP contribution in [0.3, 0.4) is 0 Å². The van der Waals surface area contributed by atoms with E-state index in [0.29, 0.717) is 12.1 Å². The zero-order valence-electron chi connectivity index (χ0n) is 8.75. The SMILES string of the molecule is O=Cc1cc(S(=O)(=O)Cl)c(OC(F)F)cc1[N+](=O)[O-]. The molecule has 1 rings (SSSR count). The number of rotatable bonds is 5. The van der Waals surface area contributed by atoms with E-state index in [1.807, 2.05) is 0 Å². The summed E-state index contributed by atoms with van der Waals surface area (Å²) in [5, 5.41) is 10.6. The number of hydrogen-bond acceptors (Lipinski definition) is 6. The first-order valence-corrected chi connectivity index (χ1v) is 6.65. The number of halogens is 3. The molecule has 0 fully saturated rings. The topological polar surface area (TPSA) is 104 Å². The average Bonchev–Trinajstić information content (AvgIpc) is 2.25. The highest BCUT2D eigenvalue weighted by molar-refractivity contribution is 8.13. The van der Waals surface area contributed by atoms with Gasteiger partial charge in [-0.3, -0.25) is 14.9 Å². The zero-order valence-corrected chi connectivity index (χ0v) is 10.3. The van der Waals surface area contributed by atoms with E-state index in [2.05, 4.69) is 4.74 Å². The van der Waals surface area contributed by atoms with E-state index in [1.165, 1.54) is 0 Å². The second-order valence-electron chi connectivity index (χ2n) is 3.05. The van der Waals surface area contributed by atoms with Gasteiger partial charge in [-0.15, -0.1) is 0 Å². The van der Waals surface area contributed by atoms with Crippen molar-refractivity contribution in [2.24, 2.45) is 0 Å². The number of benzene rings is 1. The smallest absolute Gasteiger partial charge is 0.387 e. The molecular weight excluding hydrogens is 312 g/mol. The van der Waals surface area contributed by atoms with Crippen LogP contribution in [0.2, 0.25) is 0 Å². The first-order chi connectivity index (χ1) is 8.66. The molecule has 0 spiro atoms. The molecule has 0 saturated carbocycles. The molecule has 19 heavy (non-hydrogen) atoms. The van der Waals surface area contributed by atoms with Crippen LogP contribution in [0.5, 0.6) is 5.75 Å². The molecule has 1 aromatic rings. The Balaban J connectivity index is 3.62. The molecule has 0 bridgehead atoms. The van der Waals surface area contributed by atoms with Crippen LogP contribution in [-0.4, -0.2) is 26.2 Å². The summed E-state index contributed by atoms with van der Waals surface area (Å²) in [6.07, 6.45) is -0.00411. The molecule has 0 aliphatic rings. The van der Waals surface area contributed by atoms with E-state index < -0.39 is 42.5 Å². The van der Waals surface area contributed by atoms with E-state index in [4.69, 9.17) is 10.7 Å². The minimum absolute atomic E-state index is 0.00411. The fourth-order valence-electron chi connectivity index (χ4n) is 1.20. The van der Waals surface area contributed by atoms with Crippen molar-refractivity contribution in [2.75, 3.05) is 0 Å². The Bertz CT molecular complexity index is 632. The van der Waals surface area contributed by atoms with Crippen LogP contribution in [0.1, 0.15) is 10.4 Å². The molecule has 0 N–H and O–H groups in total. The molecule has 7 nitrogen and oxygen atoms in total. The van der Waals surface area contributed by atoms with Crippen molar-refractivity contribution in [2.45, 2.75) is 11.5 Å². The Labute approximate surface area is 109 Å². The molecule has 0 aromatic heterocycles. The van der Waals surface area contributed by atoms with E-state index in [-0.39, 0.29) is 6.29 Å². The van der Waals surface area contributed by atoms with Crippen LogP contribution in [0.4, 0.5) is 14.5 Å². The first-order valence-electron chi connectivity index (χ1n) is 4.34. The van der Waals surface area contributed by atoms with E-state index in [1.54, 1.807) is 0 Å². The van der Waals surface area contributed by atoms with Gasteiger partial charge in [0.25, 0.3) is 14.7 Å². The van der Waals surface area contributed by atoms with Gasteiger partial charge in [-0.05, 0) is 6.07 Å². The Morgan fingerprint density at radius 1 is 1.42 bits per heavy atom. The Hall–Kier alpha value is -1.81. The lowest BCUT2D eigenvalue weighted by Crippen LogP contribution is -2.08. The van der Waals surface area contributed by atoms with Gasteiger partial charge >= 0.3 is 6.61 Å². The third-order valence-electron chi connectivity index (χ3n) is 1.90. The van der Waals surface area contributed by atoms with Crippen LogP contribution in [0.15, 0.2) is 17.0 Å². The highest BCUT2D eigenvalue weighted by Crippen LogP contribution is 2.34. The van der Waals surface area contributed by atoms with Crippen molar-refractivity contribution in [1.29, 1.82) is 0 Å². The van der Waals surface area contributed by atoms with Crippen LogP contribution in [0.25, 0.3) is 0 Å². The molecule has 0 saturated heterocycles. The summed E-state index contributed by atoms with van der Waals surface area (Å²) in [6.45, 7) is -3.42. The van der Waals surface area contributed by atoms with Crippen molar-refractivity contribution >= 4 is 31.7 Å². The van der Waals surface area contributed by atoms with Crippen LogP contribution in [0, 0.1) is 10.1 Å². The summed E-state index contributed by atoms with van der Waals surface area (Å²) >= 11 is 0. The first kappa shape index (κ1) is 15.2. The molecule has 1 aromatic carbocycles. The number of alkyl halides is 2. The van der Waals surface area contributed by atoms with Crippen LogP contribution >= 0.6 is 10.7 Å². The van der Waals surface area contributed by atoms with E-state index in [0.717, 1.165) is 0 Å². The number of hydrogen-bond donors (Lipinski definition) is 0. The van der Waals surface area contributed by atoms with E-state index >= 15 is 0 Å². The number of carbonyl (C=O) groups excluding carboxylic acids is 1. The largest absolute Gasteiger partial charge is 0.433 e. The van der Waals surface area contributed by atoms with Gasteiger partial charge in [-0.2, -0.15) is 8.78 Å². The molecule has 11 heteroatoms. The number of ether oxygens (including phenoxy) is 1. The standard InChI is InChI=1S/C8H4ClF2NO6S/c9-19(16,17)7-1-4(3-13)5(12(14)15)2-6(7)18-8(10)11/h1-3,8H. The Morgan fingerprint density at radius 3 is 2.37 bits per heavy atom. The quantitative estimate of drug-likeness (QED) is 0.356. The molecule has 0 unspecified atom stereocenters. The number of nitrogens with zero attached hydrogens (tertiary/aromatic N) is 1. The van der Waals surface area contributed by atoms with Gasteiger partial charge in [0, 0.05) is 10.7 Å². The third-order valence-corrected chi connectivity index (χ3v) is 3.24. The number of aldehydes is 1. The number of nitro groups is 1. The lowest BCUT2D eigenvalue weighted by atomic mass is 10.2. The molecule has 0 radical (unpaired) electrons. The maximum Gasteiger partial charge on any atom is 0.387 e. The molecule has 0 aliphatic carbocycles. The predicted molar refractivity (Wildman–Crippen MR) is 58.2 cm³/mol. The molecule has 0 heterocycles. The third kappa shape index (κ3) is 3.58. The Kier molecular flexibility index (Phi) is 4.37. The van der Waals surface area contributed by atoms with Gasteiger partial charge in [0.2, 0.25) is 0 Å². The number of carbonyl (C=O) groups is 1. The molecular formula is C8H4ClF2NO6S. The molecule has 0 atom stereocenters. The summed E-state index contributed by atoms with van der Waals surface area (Å²) in [7, 11) is 0.448. The molecule has 104 valence electrons. The summed E-state index contributed by atoms with van der Waals surface area (Å²) in [4.78, 5) is 19.2.